The molecular formula is C46H30O. The molecule has 0 N–H and O–H groups in total. The molecule has 9 aromatic rings. The molecule has 10 rings (SSSR count). The normalized spacial score (nSPS) is 12.5. The van der Waals surface area contributed by atoms with E-state index >= 15 is 0 Å². The Bertz CT molecular complexity index is 2620. The lowest BCUT2D eigenvalue weighted by molar-refractivity contribution is 0.669. The lowest BCUT2D eigenvalue weighted by Gasteiger charge is -2.23. The van der Waals surface area contributed by atoms with Crippen LogP contribution in [0.3, 0.4) is 0 Å². The number of hydrogen-bond acceptors (Lipinski definition) is 1. The van der Waals surface area contributed by atoms with Gasteiger partial charge in [-0.3, -0.25) is 0 Å². The minimum Gasteiger partial charge on any atom is -0.455 e. The lowest BCUT2D eigenvalue weighted by atomic mass is 9.80. The maximum Gasteiger partial charge on any atom is 0.143 e. The fourth-order valence-electron chi connectivity index (χ4n) is 8.15. The van der Waals surface area contributed by atoms with Crippen LogP contribution >= 0.6 is 0 Å². The molecule has 1 heteroatoms. The van der Waals surface area contributed by atoms with Crippen LogP contribution < -0.4 is 0 Å². The van der Waals surface area contributed by atoms with E-state index in [9.17, 15) is 0 Å². The Kier molecular flexibility index (Phi) is 5.77. The van der Waals surface area contributed by atoms with Crippen LogP contribution in [0.4, 0.5) is 0 Å². The van der Waals surface area contributed by atoms with E-state index in [0.717, 1.165) is 24.0 Å². The summed E-state index contributed by atoms with van der Waals surface area (Å²) in [6.07, 6.45) is 2.01. The molecule has 0 aliphatic heterocycles. The van der Waals surface area contributed by atoms with E-state index in [1.165, 1.54) is 88.0 Å². The van der Waals surface area contributed by atoms with Crippen molar-refractivity contribution in [2.24, 2.45) is 0 Å². The van der Waals surface area contributed by atoms with Gasteiger partial charge in [0.05, 0.1) is 0 Å². The van der Waals surface area contributed by atoms with Gasteiger partial charge < -0.3 is 4.42 Å². The Hall–Kier alpha value is -5.92. The summed E-state index contributed by atoms with van der Waals surface area (Å²) in [6, 6.07) is 57.5. The number of benzene rings is 8. The summed E-state index contributed by atoms with van der Waals surface area (Å²) in [5, 5.41) is 7.41. The summed E-state index contributed by atoms with van der Waals surface area (Å²) in [6.45, 7) is 0. The maximum absolute atomic E-state index is 6.74. The van der Waals surface area contributed by atoms with Crippen molar-refractivity contribution in [3.05, 3.63) is 169 Å². The molecule has 1 aliphatic carbocycles. The van der Waals surface area contributed by atoms with Crippen LogP contribution in [0.2, 0.25) is 0 Å². The quantitative estimate of drug-likeness (QED) is 0.184. The third kappa shape index (κ3) is 3.96. The fourth-order valence-corrected chi connectivity index (χ4v) is 8.15. The molecule has 0 spiro atoms. The van der Waals surface area contributed by atoms with Gasteiger partial charge in [0, 0.05) is 16.3 Å². The van der Waals surface area contributed by atoms with Crippen molar-refractivity contribution in [3.8, 4) is 44.5 Å². The number of aryl methyl sites for hydroxylation is 1. The van der Waals surface area contributed by atoms with Gasteiger partial charge >= 0.3 is 0 Å². The van der Waals surface area contributed by atoms with Gasteiger partial charge in [-0.1, -0.05) is 140 Å². The molecule has 1 nitrogen and oxygen atoms in total. The molecule has 1 aliphatic rings. The summed E-state index contributed by atoms with van der Waals surface area (Å²) >= 11 is 0. The Morgan fingerprint density at radius 1 is 0.362 bits per heavy atom. The Morgan fingerprint density at radius 3 is 1.64 bits per heavy atom. The van der Waals surface area contributed by atoms with Crippen molar-refractivity contribution >= 4 is 43.5 Å². The van der Waals surface area contributed by atoms with Gasteiger partial charge in [-0.15, -0.1) is 0 Å². The Labute approximate surface area is 273 Å². The average molecular weight is 599 g/mol. The van der Waals surface area contributed by atoms with Gasteiger partial charge in [-0.05, 0) is 103 Å². The van der Waals surface area contributed by atoms with Gasteiger partial charge in [-0.2, -0.15) is 0 Å². The monoisotopic (exact) mass is 598 g/mol. The first-order valence-corrected chi connectivity index (χ1v) is 16.5. The summed E-state index contributed by atoms with van der Waals surface area (Å²) in [4.78, 5) is 0. The summed E-state index contributed by atoms with van der Waals surface area (Å²) in [5.41, 5.74) is 14.8. The molecule has 0 saturated heterocycles. The molecule has 1 heterocycles. The number of furan rings is 1. The van der Waals surface area contributed by atoms with Crippen LogP contribution in [-0.4, -0.2) is 0 Å². The van der Waals surface area contributed by atoms with Gasteiger partial charge in [0.2, 0.25) is 0 Å². The van der Waals surface area contributed by atoms with Crippen molar-refractivity contribution < 1.29 is 4.42 Å². The number of hydrogen-bond donors (Lipinski definition) is 0. The molecule has 220 valence electrons. The Morgan fingerprint density at radius 2 is 0.915 bits per heavy atom. The summed E-state index contributed by atoms with van der Waals surface area (Å²) in [5.74, 6) is 0. The maximum atomic E-state index is 6.74. The second-order valence-electron chi connectivity index (χ2n) is 12.7. The van der Waals surface area contributed by atoms with Crippen LogP contribution in [-0.2, 0) is 12.8 Å². The van der Waals surface area contributed by atoms with Crippen molar-refractivity contribution in [1.29, 1.82) is 0 Å². The molecular weight excluding hydrogens is 569 g/mol. The lowest BCUT2D eigenvalue weighted by Crippen LogP contribution is -2.06. The summed E-state index contributed by atoms with van der Waals surface area (Å²) in [7, 11) is 0. The van der Waals surface area contributed by atoms with E-state index < -0.39 is 0 Å². The SMILES string of the molecule is c1ccc(-c2c3ccccc3c(-c3cccc(-c4c5c(cc6c4oc4ccccc46)-c4ccccc4CC5)c3)c3ccccc23)cc1. The van der Waals surface area contributed by atoms with Crippen LogP contribution in [0, 0.1) is 0 Å². The smallest absolute Gasteiger partial charge is 0.143 e. The van der Waals surface area contributed by atoms with Crippen LogP contribution in [0.25, 0.3) is 88.0 Å². The van der Waals surface area contributed by atoms with Crippen LogP contribution in [0.15, 0.2) is 162 Å². The van der Waals surface area contributed by atoms with Crippen molar-refractivity contribution in [2.45, 2.75) is 12.8 Å². The van der Waals surface area contributed by atoms with E-state index in [4.69, 9.17) is 4.42 Å². The highest BCUT2D eigenvalue weighted by Crippen LogP contribution is 2.48. The molecule has 0 unspecified atom stereocenters. The highest BCUT2D eigenvalue weighted by molar-refractivity contribution is 6.21. The van der Waals surface area contributed by atoms with E-state index in [2.05, 4.69) is 158 Å². The second-order valence-corrected chi connectivity index (χ2v) is 12.7. The van der Waals surface area contributed by atoms with E-state index in [0.29, 0.717) is 0 Å². The molecule has 0 atom stereocenters. The third-order valence-electron chi connectivity index (χ3n) is 10.2. The van der Waals surface area contributed by atoms with Crippen LogP contribution in [0.5, 0.6) is 0 Å². The zero-order chi connectivity index (χ0) is 30.9. The standard InChI is InChI=1S/C46H30O/c1-2-14-30(15-3-1)43-35-20-6-8-22-37(35)44(38-23-9-7-21-36(38)43)31-16-12-17-32(27-31)45-39-26-25-29-13-4-5-18-33(29)40(39)28-41-34-19-10-11-24-42(34)47-46(41)45/h1-24,27-28H,25-26H2. The van der Waals surface area contributed by atoms with Gasteiger partial charge in [0.15, 0.2) is 0 Å². The van der Waals surface area contributed by atoms with E-state index in [1.54, 1.807) is 0 Å². The predicted octanol–water partition coefficient (Wildman–Crippen LogP) is 12.7. The van der Waals surface area contributed by atoms with Gasteiger partial charge in [-0.25, -0.2) is 0 Å². The molecule has 1 aromatic heterocycles. The molecule has 8 aromatic carbocycles. The molecule has 0 bridgehead atoms. The molecule has 0 radical (unpaired) electrons. The number of rotatable bonds is 3. The highest BCUT2D eigenvalue weighted by atomic mass is 16.3. The van der Waals surface area contributed by atoms with Crippen molar-refractivity contribution in [2.75, 3.05) is 0 Å². The molecule has 47 heavy (non-hydrogen) atoms. The third-order valence-corrected chi connectivity index (χ3v) is 10.2. The second kappa shape index (κ2) is 10.3. The van der Waals surface area contributed by atoms with E-state index in [-0.39, 0.29) is 0 Å². The first-order valence-electron chi connectivity index (χ1n) is 16.5. The molecule has 0 amide bonds. The largest absolute Gasteiger partial charge is 0.455 e. The first-order chi connectivity index (χ1) is 23.3. The van der Waals surface area contributed by atoms with E-state index in [1.807, 2.05) is 0 Å². The topological polar surface area (TPSA) is 13.1 Å². The predicted molar refractivity (Wildman–Crippen MR) is 198 cm³/mol. The minimum absolute atomic E-state index is 0.934. The fraction of sp³-hybridized carbons (Fsp3) is 0.0435. The zero-order valence-electron chi connectivity index (χ0n) is 25.8. The number of para-hydroxylation sites is 1. The van der Waals surface area contributed by atoms with Crippen LogP contribution in [0.1, 0.15) is 11.1 Å². The average Bonchev–Trinajstić information content (AvgIpc) is 3.51. The Balaban J connectivity index is 1.28. The first kappa shape index (κ1) is 26.3. The summed E-state index contributed by atoms with van der Waals surface area (Å²) < 4.78 is 6.74. The van der Waals surface area contributed by atoms with Gasteiger partial charge in [0.25, 0.3) is 0 Å². The number of fused-ring (bicyclic) bond motifs is 8. The minimum atomic E-state index is 0.934. The van der Waals surface area contributed by atoms with Crippen molar-refractivity contribution in [1.82, 2.24) is 0 Å². The zero-order valence-corrected chi connectivity index (χ0v) is 25.8. The molecule has 0 saturated carbocycles. The molecule has 0 fully saturated rings. The van der Waals surface area contributed by atoms with Crippen molar-refractivity contribution in [3.63, 3.8) is 0 Å². The van der Waals surface area contributed by atoms with Gasteiger partial charge in [0.1, 0.15) is 11.2 Å². The highest BCUT2D eigenvalue weighted by Gasteiger charge is 2.25.